The number of amides is 1. The van der Waals surface area contributed by atoms with E-state index < -0.39 is 5.91 Å². The summed E-state index contributed by atoms with van der Waals surface area (Å²) in [5.74, 6) is 0.214. The van der Waals surface area contributed by atoms with Gasteiger partial charge in [0.05, 0.1) is 5.52 Å². The first-order chi connectivity index (χ1) is 17.5. The average molecular weight is 513 g/mol. The highest BCUT2D eigenvalue weighted by molar-refractivity contribution is 6.30. The number of carbonyl (C=O) groups excluding carboxylic acids is 1. The van der Waals surface area contributed by atoms with Crippen LogP contribution in [0.15, 0.2) is 97.3 Å². The largest absolute Gasteiger partial charge is 0.366 e. The van der Waals surface area contributed by atoms with Crippen LogP contribution in [0, 0.1) is 0 Å². The zero-order chi connectivity index (χ0) is 25.1. The van der Waals surface area contributed by atoms with E-state index in [1.54, 1.807) is 18.5 Å². The number of hydrogen-bond acceptors (Lipinski definition) is 4. The summed E-state index contributed by atoms with van der Waals surface area (Å²) in [5, 5.41) is 5.66. The third kappa shape index (κ3) is 5.18. The zero-order valence-corrected chi connectivity index (χ0v) is 20.7. The van der Waals surface area contributed by atoms with Crippen molar-refractivity contribution >= 4 is 45.8 Å². The van der Waals surface area contributed by atoms with Crippen LogP contribution in [0.1, 0.15) is 38.5 Å². The zero-order valence-electron chi connectivity index (χ0n) is 19.2. The van der Waals surface area contributed by atoms with Gasteiger partial charge in [-0.25, -0.2) is 9.97 Å². The molecule has 7 heteroatoms. The molecule has 0 aliphatic heterocycles. The van der Waals surface area contributed by atoms with Crippen LogP contribution >= 0.6 is 23.2 Å². The van der Waals surface area contributed by atoms with E-state index in [-0.39, 0.29) is 5.92 Å². The van der Waals surface area contributed by atoms with Crippen LogP contribution in [0.2, 0.25) is 10.0 Å². The number of fused-ring (bicyclic) bond motifs is 1. The summed E-state index contributed by atoms with van der Waals surface area (Å²) in [4.78, 5) is 20.5. The molecule has 178 valence electrons. The summed E-state index contributed by atoms with van der Waals surface area (Å²) < 4.78 is 0. The first kappa shape index (κ1) is 23.8. The maximum atomic E-state index is 11.5. The summed E-state index contributed by atoms with van der Waals surface area (Å²) in [6.07, 6.45) is 1.54. The molecule has 36 heavy (non-hydrogen) atoms. The van der Waals surface area contributed by atoms with Crippen molar-refractivity contribution in [3.63, 3.8) is 0 Å². The molecule has 0 bridgehead atoms. The summed E-state index contributed by atoms with van der Waals surface area (Å²) in [7, 11) is 0. The Morgan fingerprint density at radius 2 is 1.44 bits per heavy atom. The van der Waals surface area contributed by atoms with E-state index in [9.17, 15) is 4.79 Å². The minimum atomic E-state index is -0.454. The van der Waals surface area contributed by atoms with Gasteiger partial charge in [-0.3, -0.25) is 4.79 Å². The molecule has 0 radical (unpaired) electrons. The van der Waals surface area contributed by atoms with Gasteiger partial charge in [0.15, 0.2) is 0 Å². The summed E-state index contributed by atoms with van der Waals surface area (Å²) in [6, 6.07) is 29.2. The van der Waals surface area contributed by atoms with E-state index >= 15 is 0 Å². The summed E-state index contributed by atoms with van der Waals surface area (Å²) in [5.41, 5.74) is 10.9. The minimum absolute atomic E-state index is 0.0377. The van der Waals surface area contributed by atoms with E-state index in [0.717, 1.165) is 33.2 Å². The van der Waals surface area contributed by atoms with Gasteiger partial charge >= 0.3 is 0 Å². The number of rotatable bonds is 7. The number of anilines is 1. The molecule has 0 aliphatic carbocycles. The number of nitrogens with one attached hydrogen (secondary N) is 1. The number of nitrogens with two attached hydrogens (primary N) is 1. The van der Waals surface area contributed by atoms with Crippen LogP contribution in [0.25, 0.3) is 10.9 Å². The van der Waals surface area contributed by atoms with Crippen molar-refractivity contribution < 1.29 is 4.79 Å². The molecule has 1 aromatic heterocycles. The molecular weight excluding hydrogens is 491 g/mol. The lowest BCUT2D eigenvalue weighted by Crippen LogP contribution is -2.11. The van der Waals surface area contributed by atoms with E-state index in [4.69, 9.17) is 28.9 Å². The Morgan fingerprint density at radius 1 is 0.806 bits per heavy atom. The third-order valence-electron chi connectivity index (χ3n) is 6.07. The Morgan fingerprint density at radius 3 is 2.08 bits per heavy atom. The summed E-state index contributed by atoms with van der Waals surface area (Å²) in [6.45, 7) is 0.481. The highest BCUT2D eigenvalue weighted by Crippen LogP contribution is 2.35. The van der Waals surface area contributed by atoms with Gasteiger partial charge in [0, 0.05) is 33.5 Å². The Labute approximate surface area is 218 Å². The van der Waals surface area contributed by atoms with Gasteiger partial charge in [-0.2, -0.15) is 0 Å². The van der Waals surface area contributed by atoms with Gasteiger partial charge in [0.1, 0.15) is 12.1 Å². The Kier molecular flexibility index (Phi) is 6.85. The lowest BCUT2D eigenvalue weighted by atomic mass is 9.85. The van der Waals surface area contributed by atoms with Crippen LogP contribution in [-0.4, -0.2) is 15.9 Å². The van der Waals surface area contributed by atoms with Crippen molar-refractivity contribution in [3.8, 4) is 0 Å². The number of hydrogen-bond donors (Lipinski definition) is 2. The molecule has 5 aromatic rings. The number of primary amides is 1. The van der Waals surface area contributed by atoms with Gasteiger partial charge in [0.2, 0.25) is 5.91 Å². The van der Waals surface area contributed by atoms with Crippen molar-refractivity contribution in [1.29, 1.82) is 0 Å². The molecule has 1 amide bonds. The van der Waals surface area contributed by atoms with Crippen LogP contribution in [0.4, 0.5) is 5.82 Å². The second kappa shape index (κ2) is 10.4. The van der Waals surface area contributed by atoms with Gasteiger partial charge in [-0.15, -0.1) is 0 Å². The van der Waals surface area contributed by atoms with Crippen LogP contribution in [0.3, 0.4) is 0 Å². The summed E-state index contributed by atoms with van der Waals surface area (Å²) >= 11 is 12.3. The number of carbonyl (C=O) groups is 1. The fourth-order valence-electron chi connectivity index (χ4n) is 4.30. The number of aromatic nitrogens is 2. The topological polar surface area (TPSA) is 80.9 Å². The molecule has 0 unspecified atom stereocenters. The van der Waals surface area contributed by atoms with Crippen molar-refractivity contribution in [2.45, 2.75) is 12.5 Å². The van der Waals surface area contributed by atoms with Crippen molar-refractivity contribution in [2.75, 3.05) is 5.32 Å². The van der Waals surface area contributed by atoms with E-state index in [1.165, 1.54) is 0 Å². The fraction of sp³-hybridized carbons (Fsp3) is 0.0690. The SMILES string of the molecule is NC(=O)c1cccc(CNc2ncnc3ccc(C(c4ccc(Cl)cc4)c4ccc(Cl)cc4)cc23)c1. The Bertz CT molecular complexity index is 1490. The molecule has 0 fully saturated rings. The Hall–Kier alpha value is -3.93. The highest BCUT2D eigenvalue weighted by atomic mass is 35.5. The van der Waals surface area contributed by atoms with E-state index in [2.05, 4.69) is 27.4 Å². The normalized spacial score (nSPS) is 11.1. The number of benzene rings is 4. The average Bonchev–Trinajstić information content (AvgIpc) is 2.90. The van der Waals surface area contributed by atoms with E-state index in [1.807, 2.05) is 66.7 Å². The molecule has 4 aromatic carbocycles. The number of nitrogens with zero attached hydrogens (tertiary/aromatic N) is 2. The van der Waals surface area contributed by atoms with E-state index in [0.29, 0.717) is 28.0 Å². The molecule has 0 spiro atoms. The molecule has 0 aliphatic rings. The molecule has 5 nitrogen and oxygen atoms in total. The van der Waals surface area contributed by atoms with Crippen LogP contribution < -0.4 is 11.1 Å². The maximum Gasteiger partial charge on any atom is 0.248 e. The van der Waals surface area contributed by atoms with Crippen molar-refractivity contribution in [1.82, 2.24) is 9.97 Å². The van der Waals surface area contributed by atoms with Gasteiger partial charge in [-0.1, -0.05) is 65.7 Å². The molecular formula is C29H22Cl2N4O. The molecule has 1 heterocycles. The molecule has 5 rings (SSSR count). The van der Waals surface area contributed by atoms with Crippen molar-refractivity contribution in [3.05, 3.63) is 135 Å². The van der Waals surface area contributed by atoms with Crippen LogP contribution in [0.5, 0.6) is 0 Å². The smallest absolute Gasteiger partial charge is 0.248 e. The third-order valence-corrected chi connectivity index (χ3v) is 6.57. The van der Waals surface area contributed by atoms with Gasteiger partial charge in [-0.05, 0) is 70.8 Å². The molecule has 0 saturated carbocycles. The maximum absolute atomic E-state index is 11.5. The first-order valence-electron chi connectivity index (χ1n) is 11.4. The predicted octanol–water partition coefficient (Wildman–Crippen LogP) is 6.83. The second-order valence-electron chi connectivity index (χ2n) is 8.45. The van der Waals surface area contributed by atoms with Crippen molar-refractivity contribution in [2.24, 2.45) is 5.73 Å². The van der Waals surface area contributed by atoms with Gasteiger partial charge in [0.25, 0.3) is 0 Å². The standard InChI is InChI=1S/C29H22Cl2N4O/c30-23-9-4-19(5-10-23)27(20-6-11-24(31)12-7-20)21-8-13-26-25(15-21)29(35-17-34-26)33-16-18-2-1-3-22(14-18)28(32)36/h1-15,17,27H,16H2,(H2,32,36)(H,33,34,35). The lowest BCUT2D eigenvalue weighted by Gasteiger charge is -2.20. The number of halogens is 2. The monoisotopic (exact) mass is 512 g/mol. The second-order valence-corrected chi connectivity index (χ2v) is 9.33. The lowest BCUT2D eigenvalue weighted by molar-refractivity contribution is 0.1000. The molecule has 0 atom stereocenters. The molecule has 3 N–H and O–H groups in total. The Balaban J connectivity index is 1.54. The van der Waals surface area contributed by atoms with Gasteiger partial charge < -0.3 is 11.1 Å². The molecule has 0 saturated heterocycles. The predicted molar refractivity (Wildman–Crippen MR) is 146 cm³/mol. The minimum Gasteiger partial charge on any atom is -0.366 e. The highest BCUT2D eigenvalue weighted by Gasteiger charge is 2.18. The first-order valence-corrected chi connectivity index (χ1v) is 12.1. The fourth-order valence-corrected chi connectivity index (χ4v) is 4.55. The quantitative estimate of drug-likeness (QED) is 0.234. The van der Waals surface area contributed by atoms with Crippen LogP contribution in [-0.2, 0) is 6.54 Å².